The van der Waals surface area contributed by atoms with E-state index in [-0.39, 0.29) is 6.61 Å². The lowest BCUT2D eigenvalue weighted by atomic mass is 9.98. The van der Waals surface area contributed by atoms with Gasteiger partial charge in [0.1, 0.15) is 31.0 Å². The minimum absolute atomic E-state index is 0.124. The maximum Gasteiger partial charge on any atom is 0.411 e. The highest BCUT2D eigenvalue weighted by Gasteiger charge is 2.45. The third kappa shape index (κ3) is 31.0. The topological polar surface area (TPSA) is 170 Å². The number of hydrogen-bond acceptors (Lipinski definition) is 10. The predicted molar refractivity (Wildman–Crippen MR) is 290 cm³/mol. The van der Waals surface area contributed by atoms with E-state index in [0.29, 0.717) is 18.7 Å². The van der Waals surface area contributed by atoms with Crippen LogP contribution >= 0.6 is 0 Å². The number of para-hydroxylation sites is 1. The summed E-state index contributed by atoms with van der Waals surface area (Å²) in [4.78, 5) is 12.7. The Morgan fingerprint density at radius 2 is 0.943 bits per heavy atom. The summed E-state index contributed by atoms with van der Waals surface area (Å²) in [5, 5.41) is 61.1. The van der Waals surface area contributed by atoms with Crippen LogP contribution < -0.4 is 10.6 Å². The number of unbranched alkanes of at least 4 members (excludes halogenated alkanes) is 34. The van der Waals surface area contributed by atoms with Gasteiger partial charge in [-0.25, -0.2) is 4.79 Å². The lowest BCUT2D eigenvalue weighted by Gasteiger charge is -2.40. The van der Waals surface area contributed by atoms with Crippen molar-refractivity contribution in [3.63, 3.8) is 0 Å². The van der Waals surface area contributed by atoms with E-state index in [4.69, 9.17) is 14.2 Å². The lowest BCUT2D eigenvalue weighted by Crippen LogP contribution is -2.60. The van der Waals surface area contributed by atoms with Gasteiger partial charge >= 0.3 is 6.09 Å². The largest absolute Gasteiger partial charge is 0.446 e. The molecular weight excluding hydrogens is 881 g/mol. The first kappa shape index (κ1) is 64.3. The van der Waals surface area contributed by atoms with E-state index in [9.17, 15) is 30.3 Å². The zero-order valence-electron chi connectivity index (χ0n) is 45.5. The molecule has 1 aliphatic rings. The summed E-state index contributed by atoms with van der Waals surface area (Å²) in [6.45, 7) is 8.38. The van der Waals surface area contributed by atoms with Crippen molar-refractivity contribution in [2.24, 2.45) is 0 Å². The Hall–Kier alpha value is -1.83. The molecule has 2 rings (SSSR count). The molecule has 1 saturated heterocycles. The van der Waals surface area contributed by atoms with Gasteiger partial charge < -0.3 is 45.1 Å². The monoisotopic (exact) mass is 991 g/mol. The summed E-state index contributed by atoms with van der Waals surface area (Å²) in [6.07, 6.45) is 37.1. The van der Waals surface area contributed by atoms with Crippen LogP contribution in [0.3, 0.4) is 0 Å². The number of aliphatic hydroxyl groups excluding tert-OH is 5. The van der Waals surface area contributed by atoms with E-state index < -0.39 is 61.7 Å². The zero-order chi connectivity index (χ0) is 50.9. The Morgan fingerprint density at radius 1 is 0.557 bits per heavy atom. The molecule has 1 aliphatic heterocycles. The molecule has 0 aliphatic carbocycles. The number of carbonyl (C=O) groups excluding carboxylic acids is 1. The Morgan fingerprint density at radius 3 is 1.36 bits per heavy atom. The van der Waals surface area contributed by atoms with Crippen molar-refractivity contribution in [3.8, 4) is 0 Å². The molecule has 0 unspecified atom stereocenters. The Labute approximate surface area is 428 Å². The second-order valence-electron chi connectivity index (χ2n) is 21.3. The van der Waals surface area contributed by atoms with E-state index >= 15 is 0 Å². The minimum Gasteiger partial charge on any atom is -0.446 e. The molecule has 70 heavy (non-hydrogen) atoms. The second-order valence-corrected chi connectivity index (χ2v) is 21.3. The number of aliphatic hydroxyl groups is 5. The third-order valence-corrected chi connectivity index (χ3v) is 14.8. The molecule has 1 aromatic carbocycles. The minimum atomic E-state index is -1.62. The van der Waals surface area contributed by atoms with Crippen LogP contribution in [0.5, 0.6) is 0 Å². The summed E-state index contributed by atoms with van der Waals surface area (Å²) in [5.41, 5.74) is 2.35. The van der Waals surface area contributed by atoms with Gasteiger partial charge in [0, 0.05) is 5.69 Å². The van der Waals surface area contributed by atoms with Gasteiger partial charge in [-0.3, -0.25) is 5.32 Å². The van der Waals surface area contributed by atoms with Gasteiger partial charge in [0.25, 0.3) is 0 Å². The molecule has 1 aromatic rings. The fraction of sp³-hybridized carbons (Fsp3) is 0.881. The van der Waals surface area contributed by atoms with Gasteiger partial charge in [-0.15, -0.1) is 0 Å². The van der Waals surface area contributed by atoms with E-state index in [1.54, 1.807) is 0 Å². The molecule has 7 N–H and O–H groups in total. The summed E-state index contributed by atoms with van der Waals surface area (Å²) in [6, 6.07) is 4.97. The maximum absolute atomic E-state index is 12.7. The maximum atomic E-state index is 12.7. The zero-order valence-corrected chi connectivity index (χ0v) is 45.5. The first-order valence-corrected chi connectivity index (χ1v) is 29.5. The van der Waals surface area contributed by atoms with Crippen molar-refractivity contribution in [2.75, 3.05) is 25.1 Å². The van der Waals surface area contributed by atoms with Crippen LogP contribution in [-0.4, -0.2) is 100 Å². The van der Waals surface area contributed by atoms with Gasteiger partial charge in [0.05, 0.1) is 24.9 Å². The Bertz CT molecular complexity index is 1330. The standard InChI is InChI=1S/C59H110N2O9/c1-5-7-9-11-13-15-17-19-20-21-22-23-24-25-26-27-28-29-30-32-34-36-38-40-45-60-50(54(63)51(62)44-39-37-35-33-31-18-16-14-12-10-8-6-2)46-68-58-57(66)56(65)55(64)52(70-58)47-69-59(67)61-53-48(3)42-41-43-49(53)4/h41-43,50-52,54-58,60,62-66H,5-40,44-47H2,1-4H3,(H,61,67)/t50-,51+,52+,54-,55-,56-,57+,58+/m0/s1. The second kappa shape index (κ2) is 43.6. The average Bonchev–Trinajstić information content (AvgIpc) is 3.35. The lowest BCUT2D eigenvalue weighted by molar-refractivity contribution is -0.302. The van der Waals surface area contributed by atoms with Crippen LogP contribution in [0.1, 0.15) is 263 Å². The summed E-state index contributed by atoms with van der Waals surface area (Å²) in [5.74, 6) is 0. The molecule has 410 valence electrons. The summed E-state index contributed by atoms with van der Waals surface area (Å²) in [7, 11) is 0. The molecule has 0 radical (unpaired) electrons. The van der Waals surface area contributed by atoms with Crippen molar-refractivity contribution in [3.05, 3.63) is 29.3 Å². The first-order valence-electron chi connectivity index (χ1n) is 29.5. The fourth-order valence-electron chi connectivity index (χ4n) is 9.98. The van der Waals surface area contributed by atoms with Gasteiger partial charge in [-0.2, -0.15) is 0 Å². The summed E-state index contributed by atoms with van der Waals surface area (Å²) >= 11 is 0. The van der Waals surface area contributed by atoms with Crippen LogP contribution in [0.4, 0.5) is 10.5 Å². The molecule has 0 aromatic heterocycles. The molecule has 0 spiro atoms. The van der Waals surface area contributed by atoms with Gasteiger partial charge in [-0.05, 0) is 44.4 Å². The molecule has 8 atom stereocenters. The van der Waals surface area contributed by atoms with Crippen LogP contribution in [-0.2, 0) is 14.2 Å². The first-order chi connectivity index (χ1) is 34.1. The van der Waals surface area contributed by atoms with Crippen molar-refractivity contribution in [1.29, 1.82) is 0 Å². The molecule has 0 bridgehead atoms. The van der Waals surface area contributed by atoms with Crippen molar-refractivity contribution < 1.29 is 44.5 Å². The molecule has 0 saturated carbocycles. The van der Waals surface area contributed by atoms with E-state index in [1.807, 2.05) is 32.0 Å². The number of amides is 1. The molecular formula is C59H110N2O9. The molecule has 11 heteroatoms. The smallest absolute Gasteiger partial charge is 0.411 e. The fourth-order valence-corrected chi connectivity index (χ4v) is 9.98. The highest BCUT2D eigenvalue weighted by atomic mass is 16.7. The number of carbonyl (C=O) groups is 1. The van der Waals surface area contributed by atoms with E-state index in [0.717, 1.165) is 49.7 Å². The van der Waals surface area contributed by atoms with Crippen LogP contribution in [0.25, 0.3) is 0 Å². The number of anilines is 1. The van der Waals surface area contributed by atoms with Crippen molar-refractivity contribution >= 4 is 11.8 Å². The Kier molecular flexibility index (Phi) is 40.0. The highest BCUT2D eigenvalue weighted by Crippen LogP contribution is 2.25. The van der Waals surface area contributed by atoms with Gasteiger partial charge in [0.2, 0.25) is 0 Å². The molecule has 11 nitrogen and oxygen atoms in total. The number of aryl methyl sites for hydroxylation is 2. The number of ether oxygens (including phenoxy) is 3. The summed E-state index contributed by atoms with van der Waals surface area (Å²) < 4.78 is 17.3. The van der Waals surface area contributed by atoms with Crippen LogP contribution in [0.2, 0.25) is 0 Å². The van der Waals surface area contributed by atoms with Crippen molar-refractivity contribution in [2.45, 2.75) is 314 Å². The van der Waals surface area contributed by atoms with Gasteiger partial charge in [-0.1, -0.05) is 257 Å². The van der Waals surface area contributed by atoms with Crippen molar-refractivity contribution in [1.82, 2.24) is 5.32 Å². The molecule has 1 heterocycles. The van der Waals surface area contributed by atoms with Gasteiger partial charge in [0.15, 0.2) is 6.29 Å². The highest BCUT2D eigenvalue weighted by molar-refractivity contribution is 5.86. The predicted octanol–water partition coefficient (Wildman–Crippen LogP) is 13.8. The van der Waals surface area contributed by atoms with E-state index in [1.165, 1.54) is 193 Å². The van der Waals surface area contributed by atoms with Crippen LogP contribution in [0, 0.1) is 13.8 Å². The number of hydrogen-bond donors (Lipinski definition) is 7. The van der Waals surface area contributed by atoms with E-state index in [2.05, 4.69) is 24.5 Å². The number of benzene rings is 1. The number of rotatable bonds is 47. The molecule has 1 amide bonds. The normalized spacial score (nSPS) is 19.6. The molecule has 1 fully saturated rings. The van der Waals surface area contributed by atoms with Crippen LogP contribution in [0.15, 0.2) is 18.2 Å². The Balaban J connectivity index is 1.70. The average molecular weight is 992 g/mol. The SMILES string of the molecule is CCCCCCCCCCCCCCCCCCCCCCCCCCN[C@@H](CO[C@@H]1O[C@H](COC(=O)Nc2c(C)cccc2C)[C@H](O)[C@H](O)[C@H]1O)[C@H](O)[C@H](O)CCCCCCCCCCCCCC. The third-order valence-electron chi connectivity index (χ3n) is 14.8. The number of nitrogens with one attached hydrogen (secondary N) is 2. The quantitative estimate of drug-likeness (QED) is 0.0312.